The predicted octanol–water partition coefficient (Wildman–Crippen LogP) is 5.08. The van der Waals surface area contributed by atoms with Gasteiger partial charge >= 0.3 is 0 Å². The summed E-state index contributed by atoms with van der Waals surface area (Å²) in [6, 6.07) is 0. The first-order chi connectivity index (χ1) is 7.02. The second-order valence-electron chi connectivity index (χ2n) is 4.52. The lowest BCUT2D eigenvalue weighted by molar-refractivity contribution is 0.459. The Labute approximate surface area is 113 Å². The molecule has 92 valence electrons. The summed E-state index contributed by atoms with van der Waals surface area (Å²) in [5.74, 6) is 3.88. The molecule has 0 aromatic carbocycles. The Morgan fingerprint density at radius 3 is 1.60 bits per heavy atom. The quantitative estimate of drug-likeness (QED) is 0.347. The molecule has 0 spiro atoms. The van der Waals surface area contributed by atoms with Gasteiger partial charge in [0.25, 0.3) is 0 Å². The molecule has 0 atom stereocenters. The fourth-order valence-corrected chi connectivity index (χ4v) is 4.63. The van der Waals surface area contributed by atoms with Crippen molar-refractivity contribution in [1.29, 1.82) is 0 Å². The third-order valence-electron chi connectivity index (χ3n) is 1.80. The van der Waals surface area contributed by atoms with Crippen LogP contribution in [0.15, 0.2) is 0 Å². The van der Waals surface area contributed by atoms with E-state index in [2.05, 4.69) is 20.8 Å². The van der Waals surface area contributed by atoms with Gasteiger partial charge in [0.05, 0.1) is 4.58 Å². The Balaban J connectivity index is 3.85. The van der Waals surface area contributed by atoms with Gasteiger partial charge in [-0.15, -0.1) is 46.7 Å². The molecule has 0 unspecified atom stereocenters. The van der Waals surface area contributed by atoms with Crippen molar-refractivity contribution in [1.82, 2.24) is 0 Å². The first-order valence-corrected chi connectivity index (χ1v) is 8.54. The first kappa shape index (κ1) is 16.3. The van der Waals surface area contributed by atoms with Crippen LogP contribution in [0.4, 0.5) is 0 Å². The molecule has 0 aliphatic carbocycles. The number of halogens is 2. The maximum atomic E-state index is 5.69. The van der Waals surface area contributed by atoms with Crippen LogP contribution >= 0.6 is 46.7 Å². The molecule has 0 fully saturated rings. The van der Waals surface area contributed by atoms with Gasteiger partial charge in [0.1, 0.15) is 0 Å². The lowest BCUT2D eigenvalue weighted by Crippen LogP contribution is -2.21. The highest BCUT2D eigenvalue weighted by atomic mass is 35.5. The van der Waals surface area contributed by atoms with Gasteiger partial charge < -0.3 is 0 Å². The average Bonchev–Trinajstić information content (AvgIpc) is 2.14. The van der Waals surface area contributed by atoms with Gasteiger partial charge in [-0.2, -0.15) is 0 Å². The molecule has 0 heterocycles. The zero-order chi connectivity index (χ0) is 11.7. The molecule has 0 aliphatic rings. The second-order valence-corrected chi connectivity index (χ2v) is 8.00. The third-order valence-corrected chi connectivity index (χ3v) is 6.22. The number of alkyl halides is 2. The molecule has 0 bridgehead atoms. The topological polar surface area (TPSA) is 0 Å². The molecule has 0 aromatic heterocycles. The molecular weight excluding hydrogens is 267 g/mol. The van der Waals surface area contributed by atoms with Crippen LogP contribution in [-0.2, 0) is 0 Å². The van der Waals surface area contributed by atoms with Crippen LogP contribution in [0, 0.1) is 5.41 Å². The monoisotopic (exact) mass is 288 g/mol. The van der Waals surface area contributed by atoms with E-state index in [9.17, 15) is 0 Å². The van der Waals surface area contributed by atoms with Crippen LogP contribution in [0.5, 0.6) is 0 Å². The van der Waals surface area contributed by atoms with Gasteiger partial charge in [0, 0.05) is 11.8 Å². The van der Waals surface area contributed by atoms with Crippen LogP contribution in [-0.4, -0.2) is 27.8 Å². The Bertz CT molecular complexity index is 136. The van der Waals surface area contributed by atoms with Crippen molar-refractivity contribution in [2.75, 3.05) is 23.3 Å². The van der Waals surface area contributed by atoms with E-state index in [-0.39, 0.29) is 0 Å². The van der Waals surface area contributed by atoms with Gasteiger partial charge in [-0.1, -0.05) is 20.8 Å². The molecule has 0 aromatic rings. The largest absolute Gasteiger partial charge is 0.147 e. The lowest BCUT2D eigenvalue weighted by atomic mass is 10.0. The fraction of sp³-hybridized carbons (Fsp3) is 1.00. The molecule has 4 heteroatoms. The van der Waals surface area contributed by atoms with E-state index < -0.39 is 0 Å². The van der Waals surface area contributed by atoms with Gasteiger partial charge in [-0.3, -0.25) is 0 Å². The summed E-state index contributed by atoms with van der Waals surface area (Å²) in [4.78, 5) is 0. The molecule has 15 heavy (non-hydrogen) atoms. The van der Waals surface area contributed by atoms with E-state index in [0.29, 0.717) is 10.00 Å². The van der Waals surface area contributed by atoms with Gasteiger partial charge in [0.15, 0.2) is 0 Å². The van der Waals surface area contributed by atoms with Crippen molar-refractivity contribution in [3.8, 4) is 0 Å². The zero-order valence-electron chi connectivity index (χ0n) is 9.89. The number of hydrogen-bond acceptors (Lipinski definition) is 2. The maximum Gasteiger partial charge on any atom is 0.0550 e. The van der Waals surface area contributed by atoms with Crippen molar-refractivity contribution < 1.29 is 0 Å². The molecule has 0 rings (SSSR count). The van der Waals surface area contributed by atoms with Crippen molar-refractivity contribution in [3.05, 3.63) is 0 Å². The standard InChI is InChI=1S/C11H22Cl2S2/c1-11(2,3)10(14-8-4-6-12)15-9-5-7-13/h10H,4-9H2,1-3H3. The highest BCUT2D eigenvalue weighted by Gasteiger charge is 2.24. The normalized spacial score (nSPS) is 12.4. The molecule has 0 nitrogen and oxygen atoms in total. The van der Waals surface area contributed by atoms with Crippen molar-refractivity contribution in [3.63, 3.8) is 0 Å². The third kappa shape index (κ3) is 9.02. The van der Waals surface area contributed by atoms with Crippen LogP contribution in [0.2, 0.25) is 0 Å². The highest BCUT2D eigenvalue weighted by Crippen LogP contribution is 2.39. The van der Waals surface area contributed by atoms with E-state index in [0.717, 1.165) is 24.6 Å². The Hall–Kier alpha value is 1.28. The van der Waals surface area contributed by atoms with Crippen molar-refractivity contribution in [2.24, 2.45) is 5.41 Å². The average molecular weight is 289 g/mol. The van der Waals surface area contributed by atoms with Gasteiger partial charge in [0.2, 0.25) is 0 Å². The van der Waals surface area contributed by atoms with Crippen molar-refractivity contribution >= 4 is 46.7 Å². The van der Waals surface area contributed by atoms with Crippen LogP contribution in [0.3, 0.4) is 0 Å². The maximum absolute atomic E-state index is 5.69. The minimum Gasteiger partial charge on any atom is -0.147 e. The molecule has 0 aliphatic heterocycles. The molecule has 0 amide bonds. The fourth-order valence-electron chi connectivity index (χ4n) is 1.04. The highest BCUT2D eigenvalue weighted by molar-refractivity contribution is 8.17. The summed E-state index contributed by atoms with van der Waals surface area (Å²) in [5.41, 5.74) is 0.355. The number of rotatable bonds is 8. The molecule has 0 saturated carbocycles. The number of hydrogen-bond donors (Lipinski definition) is 0. The first-order valence-electron chi connectivity index (χ1n) is 5.37. The Kier molecular flexibility index (Phi) is 10.1. The molecule has 0 saturated heterocycles. The molecular formula is C11H22Cl2S2. The zero-order valence-corrected chi connectivity index (χ0v) is 13.0. The Morgan fingerprint density at radius 1 is 0.933 bits per heavy atom. The summed E-state index contributed by atoms with van der Waals surface area (Å²) in [6.07, 6.45) is 2.21. The summed E-state index contributed by atoms with van der Waals surface area (Å²) >= 11 is 15.5. The van der Waals surface area contributed by atoms with Gasteiger partial charge in [-0.25, -0.2) is 0 Å². The minimum absolute atomic E-state index is 0.355. The van der Waals surface area contributed by atoms with Crippen LogP contribution in [0.25, 0.3) is 0 Å². The van der Waals surface area contributed by atoms with Crippen LogP contribution < -0.4 is 0 Å². The summed E-state index contributed by atoms with van der Waals surface area (Å²) in [7, 11) is 0. The van der Waals surface area contributed by atoms with E-state index in [4.69, 9.17) is 23.2 Å². The van der Waals surface area contributed by atoms with Crippen molar-refractivity contribution in [2.45, 2.75) is 38.2 Å². The van der Waals surface area contributed by atoms with Crippen LogP contribution in [0.1, 0.15) is 33.6 Å². The Morgan fingerprint density at radius 2 is 1.33 bits per heavy atom. The number of thioether (sulfide) groups is 2. The van der Waals surface area contributed by atoms with Gasteiger partial charge in [-0.05, 0) is 29.8 Å². The molecule has 0 radical (unpaired) electrons. The summed E-state index contributed by atoms with van der Waals surface area (Å²) in [5, 5.41) is 0. The minimum atomic E-state index is 0.355. The summed E-state index contributed by atoms with van der Waals surface area (Å²) in [6.45, 7) is 6.91. The van der Waals surface area contributed by atoms with E-state index in [1.165, 1.54) is 11.5 Å². The predicted molar refractivity (Wildman–Crippen MR) is 78.8 cm³/mol. The van der Waals surface area contributed by atoms with E-state index >= 15 is 0 Å². The summed E-state index contributed by atoms with van der Waals surface area (Å²) < 4.78 is 0.656. The van der Waals surface area contributed by atoms with E-state index in [1.807, 2.05) is 23.5 Å². The van der Waals surface area contributed by atoms with E-state index in [1.54, 1.807) is 0 Å². The smallest absolute Gasteiger partial charge is 0.0550 e. The SMILES string of the molecule is CC(C)(C)C(SCCCCl)SCCCCl. The lowest BCUT2D eigenvalue weighted by Gasteiger charge is -2.29. The molecule has 0 N–H and O–H groups in total. The second kappa shape index (κ2) is 9.32.